The van der Waals surface area contributed by atoms with Crippen molar-refractivity contribution in [3.05, 3.63) is 90.0 Å². The number of carbonyl (C=O) groups excluding carboxylic acids is 2. The summed E-state index contributed by atoms with van der Waals surface area (Å²) in [5.41, 5.74) is 2.03. The number of anilines is 1. The van der Waals surface area contributed by atoms with Gasteiger partial charge in [-0.3, -0.25) is 0 Å². The molecule has 8 nitrogen and oxygen atoms in total. The van der Waals surface area contributed by atoms with Crippen molar-refractivity contribution in [2.45, 2.75) is 38.4 Å². The predicted molar refractivity (Wildman–Crippen MR) is 160 cm³/mol. The number of hydrogen-bond acceptors (Lipinski definition) is 6. The number of amides is 2. The van der Waals surface area contributed by atoms with Gasteiger partial charge in [0.1, 0.15) is 11.5 Å². The largest absolute Gasteiger partial charge is 0.497 e. The van der Waals surface area contributed by atoms with E-state index in [9.17, 15) is 22.8 Å². The number of urea groups is 1. The van der Waals surface area contributed by atoms with E-state index in [1.54, 1.807) is 24.3 Å². The van der Waals surface area contributed by atoms with E-state index in [1.807, 2.05) is 6.07 Å². The van der Waals surface area contributed by atoms with Gasteiger partial charge in [-0.1, -0.05) is 42.5 Å². The lowest BCUT2D eigenvalue weighted by Gasteiger charge is -2.33. The van der Waals surface area contributed by atoms with Gasteiger partial charge in [-0.25, -0.2) is 9.59 Å². The van der Waals surface area contributed by atoms with E-state index in [0.29, 0.717) is 28.9 Å². The average molecular weight is 614 g/mol. The third kappa shape index (κ3) is 9.37. The zero-order chi connectivity index (χ0) is 31.5. The van der Waals surface area contributed by atoms with Gasteiger partial charge in [-0.15, -0.1) is 5.06 Å². The molecule has 0 atom stereocenters. The van der Waals surface area contributed by atoms with Crippen molar-refractivity contribution in [1.29, 1.82) is 0 Å². The van der Waals surface area contributed by atoms with Crippen molar-refractivity contribution < 1.29 is 37.1 Å². The molecule has 0 spiro atoms. The fourth-order valence-corrected chi connectivity index (χ4v) is 5.22. The van der Waals surface area contributed by atoms with Gasteiger partial charge in [-0.2, -0.15) is 13.2 Å². The SMILES string of the molecule is COc1ccc(CN(CCCN2CCC(Cc3ccccc3)CC2)C(=O)N(OC(=O)C(F)(F)F)c2ccc(OC)cc2)cc1. The van der Waals surface area contributed by atoms with Crippen LogP contribution in [0.3, 0.4) is 0 Å². The first-order chi connectivity index (χ1) is 21.2. The molecule has 0 radical (unpaired) electrons. The lowest BCUT2D eigenvalue weighted by atomic mass is 9.90. The normalized spacial score (nSPS) is 14.1. The van der Waals surface area contributed by atoms with Crippen LogP contribution in [0.5, 0.6) is 11.5 Å². The van der Waals surface area contributed by atoms with Crippen LogP contribution in [-0.2, 0) is 22.6 Å². The lowest BCUT2D eigenvalue weighted by molar-refractivity contribution is -0.200. The molecule has 3 aromatic carbocycles. The molecule has 0 N–H and O–H groups in total. The van der Waals surface area contributed by atoms with E-state index in [4.69, 9.17) is 9.47 Å². The molecule has 2 amide bonds. The van der Waals surface area contributed by atoms with Crippen molar-refractivity contribution >= 4 is 17.7 Å². The molecule has 11 heteroatoms. The van der Waals surface area contributed by atoms with Crippen LogP contribution in [0.4, 0.5) is 23.7 Å². The maximum atomic E-state index is 13.8. The number of likely N-dealkylation sites (tertiary alicyclic amines) is 1. The summed E-state index contributed by atoms with van der Waals surface area (Å²) in [6.07, 6.45) is -1.52. The Hall–Kier alpha value is -4.25. The maximum absolute atomic E-state index is 13.8. The number of piperidine rings is 1. The van der Waals surface area contributed by atoms with Crippen LogP contribution in [0.15, 0.2) is 78.9 Å². The molecule has 0 bridgehead atoms. The fraction of sp³-hybridized carbons (Fsp3) is 0.394. The molecule has 1 aliphatic rings. The van der Waals surface area contributed by atoms with Gasteiger partial charge in [0.15, 0.2) is 0 Å². The van der Waals surface area contributed by atoms with E-state index in [1.165, 1.54) is 48.9 Å². The molecule has 0 saturated carbocycles. The van der Waals surface area contributed by atoms with E-state index in [2.05, 4.69) is 34.0 Å². The number of hydroxylamine groups is 1. The summed E-state index contributed by atoms with van der Waals surface area (Å²) in [6.45, 7) is 2.90. The Morgan fingerprint density at radius 3 is 2.00 bits per heavy atom. The third-order valence-corrected chi connectivity index (χ3v) is 7.67. The van der Waals surface area contributed by atoms with Gasteiger partial charge < -0.3 is 24.1 Å². The number of carbonyl (C=O) groups is 2. The second-order valence-corrected chi connectivity index (χ2v) is 10.7. The molecule has 3 aromatic rings. The summed E-state index contributed by atoms with van der Waals surface area (Å²) in [7, 11) is 2.97. The van der Waals surface area contributed by atoms with Crippen LogP contribution in [-0.4, -0.2) is 68.4 Å². The molecular formula is C33H38F3N3O5. The molecule has 1 aliphatic heterocycles. The number of ether oxygens (including phenoxy) is 2. The van der Waals surface area contributed by atoms with Crippen molar-refractivity contribution in [2.24, 2.45) is 5.92 Å². The van der Waals surface area contributed by atoms with Crippen LogP contribution < -0.4 is 14.5 Å². The average Bonchev–Trinajstić information content (AvgIpc) is 3.04. The second kappa shape index (κ2) is 15.5. The van der Waals surface area contributed by atoms with Crippen molar-refractivity contribution in [3.63, 3.8) is 0 Å². The topological polar surface area (TPSA) is 71.5 Å². The van der Waals surface area contributed by atoms with Crippen molar-refractivity contribution in [3.8, 4) is 11.5 Å². The minimum absolute atomic E-state index is 0.0476. The van der Waals surface area contributed by atoms with E-state index in [-0.39, 0.29) is 18.8 Å². The first kappa shape index (κ1) is 32.7. The van der Waals surface area contributed by atoms with Crippen molar-refractivity contribution in [2.75, 3.05) is 45.5 Å². The van der Waals surface area contributed by atoms with Crippen LogP contribution in [0, 0.1) is 5.92 Å². The Kier molecular flexibility index (Phi) is 11.5. The minimum Gasteiger partial charge on any atom is -0.497 e. The Balaban J connectivity index is 1.45. The maximum Gasteiger partial charge on any atom is 0.493 e. The standard InChI is InChI=1S/C33H38F3N3O5/c1-42-29-13-9-27(10-14-29)24-38(20-6-19-37-21-17-26(18-22-37)23-25-7-4-3-5-8-25)32(41)39(44-31(40)33(34,35)36)28-11-15-30(43-2)16-12-28/h3-5,7-16,26H,6,17-24H2,1-2H3. The summed E-state index contributed by atoms with van der Waals surface area (Å²) in [6, 6.07) is 22.2. The van der Waals surface area contributed by atoms with E-state index < -0.39 is 18.2 Å². The number of alkyl halides is 3. The van der Waals surface area contributed by atoms with Crippen LogP contribution in [0.25, 0.3) is 0 Å². The number of halogens is 3. The molecule has 0 aliphatic carbocycles. The summed E-state index contributed by atoms with van der Waals surface area (Å²) in [5, 5.41) is 0.397. The summed E-state index contributed by atoms with van der Waals surface area (Å²) in [4.78, 5) is 34.1. The Morgan fingerprint density at radius 1 is 0.841 bits per heavy atom. The summed E-state index contributed by atoms with van der Waals surface area (Å²) in [5.74, 6) is -0.834. The molecule has 1 saturated heterocycles. The molecule has 44 heavy (non-hydrogen) atoms. The number of benzene rings is 3. The Bertz CT molecular complexity index is 1330. The Labute approximate surface area is 255 Å². The minimum atomic E-state index is -5.29. The smallest absolute Gasteiger partial charge is 0.493 e. The van der Waals surface area contributed by atoms with Gasteiger partial charge in [0.2, 0.25) is 0 Å². The van der Waals surface area contributed by atoms with E-state index in [0.717, 1.165) is 44.5 Å². The monoisotopic (exact) mass is 613 g/mol. The molecule has 1 heterocycles. The van der Waals surface area contributed by atoms with E-state index >= 15 is 0 Å². The van der Waals surface area contributed by atoms with Gasteiger partial charge in [0.25, 0.3) is 0 Å². The molecule has 4 rings (SSSR count). The zero-order valence-corrected chi connectivity index (χ0v) is 25.0. The quantitative estimate of drug-likeness (QED) is 0.230. The lowest BCUT2D eigenvalue weighted by Crippen LogP contribution is -2.47. The summed E-state index contributed by atoms with van der Waals surface area (Å²) < 4.78 is 50.0. The summed E-state index contributed by atoms with van der Waals surface area (Å²) >= 11 is 0. The number of rotatable bonds is 11. The predicted octanol–water partition coefficient (Wildman–Crippen LogP) is 6.50. The highest BCUT2D eigenvalue weighted by molar-refractivity contribution is 5.93. The highest BCUT2D eigenvalue weighted by atomic mass is 19.4. The first-order valence-corrected chi connectivity index (χ1v) is 14.6. The highest BCUT2D eigenvalue weighted by Gasteiger charge is 2.44. The fourth-order valence-electron chi connectivity index (χ4n) is 5.22. The number of nitrogens with zero attached hydrogens (tertiary/aromatic N) is 3. The first-order valence-electron chi connectivity index (χ1n) is 14.6. The van der Waals surface area contributed by atoms with Gasteiger partial charge >= 0.3 is 18.2 Å². The van der Waals surface area contributed by atoms with Gasteiger partial charge in [-0.05, 0) is 98.8 Å². The van der Waals surface area contributed by atoms with Gasteiger partial charge in [0, 0.05) is 13.1 Å². The van der Waals surface area contributed by atoms with Gasteiger partial charge in [0.05, 0.1) is 19.9 Å². The molecule has 0 unspecified atom stereocenters. The van der Waals surface area contributed by atoms with Crippen LogP contribution >= 0.6 is 0 Å². The highest BCUT2D eigenvalue weighted by Crippen LogP contribution is 2.26. The number of hydrogen-bond donors (Lipinski definition) is 0. The molecule has 1 fully saturated rings. The molecule has 236 valence electrons. The zero-order valence-electron chi connectivity index (χ0n) is 25.0. The second-order valence-electron chi connectivity index (χ2n) is 10.7. The number of methoxy groups -OCH3 is 2. The van der Waals surface area contributed by atoms with Crippen LogP contribution in [0.2, 0.25) is 0 Å². The Morgan fingerprint density at radius 2 is 1.43 bits per heavy atom. The third-order valence-electron chi connectivity index (χ3n) is 7.67. The van der Waals surface area contributed by atoms with Crippen molar-refractivity contribution in [1.82, 2.24) is 9.80 Å². The van der Waals surface area contributed by atoms with Crippen LogP contribution in [0.1, 0.15) is 30.4 Å². The molecule has 0 aromatic heterocycles. The molecular weight excluding hydrogens is 575 g/mol.